The van der Waals surface area contributed by atoms with E-state index in [1.165, 1.54) is 12.1 Å². The first-order valence-electron chi connectivity index (χ1n) is 5.74. The molecule has 0 saturated carbocycles. The molecule has 0 saturated heterocycles. The van der Waals surface area contributed by atoms with E-state index in [0.29, 0.717) is 17.5 Å². The highest BCUT2D eigenvalue weighted by molar-refractivity contribution is 6.31. The van der Waals surface area contributed by atoms with E-state index in [-0.39, 0.29) is 11.2 Å². The number of rotatable bonds is 3. The fourth-order valence-electron chi connectivity index (χ4n) is 1.72. The van der Waals surface area contributed by atoms with Crippen molar-refractivity contribution in [3.8, 4) is 0 Å². The van der Waals surface area contributed by atoms with E-state index in [0.717, 1.165) is 5.56 Å². The van der Waals surface area contributed by atoms with Gasteiger partial charge in [-0.15, -0.1) is 0 Å². The van der Waals surface area contributed by atoms with Crippen molar-refractivity contribution in [1.29, 1.82) is 0 Å². The number of hydrogen-bond acceptors (Lipinski definition) is 1. The van der Waals surface area contributed by atoms with Crippen LogP contribution in [-0.4, -0.2) is 26.6 Å². The highest BCUT2D eigenvalue weighted by Gasteiger charge is 2.23. The highest BCUT2D eigenvalue weighted by Crippen LogP contribution is 2.29. The van der Waals surface area contributed by atoms with E-state index in [1.807, 2.05) is 13.8 Å². The molecule has 0 fully saturated rings. The van der Waals surface area contributed by atoms with Crippen LogP contribution in [0.1, 0.15) is 19.4 Å². The lowest BCUT2D eigenvalue weighted by molar-refractivity contribution is 0.508. The molecule has 0 atom stereocenters. The van der Waals surface area contributed by atoms with Gasteiger partial charge in [0.15, 0.2) is 5.96 Å². The van der Waals surface area contributed by atoms with Gasteiger partial charge in [0.1, 0.15) is 5.82 Å². The standard InChI is InChI=1S/C13H19ClFN3/c1-13(2,8-18-12(16-3)17-4)10-6-5-9(15)7-11(10)14/h5-7H,8H2,1-4H3,(H2,16,17,18). The SMILES string of the molecule is CN=C(NC)NCC(C)(C)c1ccc(F)cc1Cl. The second-order valence-corrected chi connectivity index (χ2v) is 5.09. The summed E-state index contributed by atoms with van der Waals surface area (Å²) in [7, 11) is 3.50. The minimum atomic E-state index is -0.321. The van der Waals surface area contributed by atoms with Crippen molar-refractivity contribution in [3.05, 3.63) is 34.6 Å². The van der Waals surface area contributed by atoms with Crippen LogP contribution in [0.3, 0.4) is 0 Å². The van der Waals surface area contributed by atoms with Crippen molar-refractivity contribution < 1.29 is 4.39 Å². The van der Waals surface area contributed by atoms with E-state index in [4.69, 9.17) is 11.6 Å². The maximum Gasteiger partial charge on any atom is 0.190 e. The normalized spacial score (nSPS) is 12.4. The molecule has 0 amide bonds. The van der Waals surface area contributed by atoms with E-state index >= 15 is 0 Å². The van der Waals surface area contributed by atoms with Crippen molar-refractivity contribution in [1.82, 2.24) is 10.6 Å². The minimum absolute atomic E-state index is 0.225. The van der Waals surface area contributed by atoms with E-state index in [9.17, 15) is 4.39 Å². The third-order valence-electron chi connectivity index (χ3n) is 2.82. The zero-order valence-corrected chi connectivity index (χ0v) is 11.9. The van der Waals surface area contributed by atoms with Gasteiger partial charge in [-0.25, -0.2) is 4.39 Å². The van der Waals surface area contributed by atoms with Gasteiger partial charge >= 0.3 is 0 Å². The second-order valence-electron chi connectivity index (χ2n) is 4.68. The molecule has 1 aromatic rings. The summed E-state index contributed by atoms with van der Waals surface area (Å²) >= 11 is 6.08. The summed E-state index contributed by atoms with van der Waals surface area (Å²) in [6.07, 6.45) is 0. The number of hydrogen-bond donors (Lipinski definition) is 2. The molecular weight excluding hydrogens is 253 g/mol. The molecule has 5 heteroatoms. The van der Waals surface area contributed by atoms with Crippen LogP contribution < -0.4 is 10.6 Å². The third-order valence-corrected chi connectivity index (χ3v) is 3.13. The Bertz CT molecular complexity index is 444. The van der Waals surface area contributed by atoms with Gasteiger partial charge < -0.3 is 10.6 Å². The molecule has 1 aromatic carbocycles. The van der Waals surface area contributed by atoms with Crippen molar-refractivity contribution >= 4 is 17.6 Å². The molecule has 18 heavy (non-hydrogen) atoms. The summed E-state index contributed by atoms with van der Waals surface area (Å²) in [6, 6.07) is 4.49. The Morgan fingerprint density at radius 2 is 2.11 bits per heavy atom. The Balaban J connectivity index is 2.85. The summed E-state index contributed by atoms with van der Waals surface area (Å²) in [6.45, 7) is 4.73. The van der Waals surface area contributed by atoms with Crippen molar-refractivity contribution in [3.63, 3.8) is 0 Å². The van der Waals surface area contributed by atoms with Crippen molar-refractivity contribution in [2.45, 2.75) is 19.3 Å². The number of guanidine groups is 1. The van der Waals surface area contributed by atoms with Gasteiger partial charge in [-0.1, -0.05) is 31.5 Å². The van der Waals surface area contributed by atoms with Crippen LogP contribution in [0.4, 0.5) is 4.39 Å². The second kappa shape index (κ2) is 6.05. The molecular formula is C13H19ClFN3. The Kier molecular flexibility index (Phi) is 4.96. The topological polar surface area (TPSA) is 36.4 Å². The van der Waals surface area contributed by atoms with E-state index < -0.39 is 0 Å². The van der Waals surface area contributed by atoms with Crippen molar-refractivity contribution in [2.75, 3.05) is 20.6 Å². The average molecular weight is 272 g/mol. The van der Waals surface area contributed by atoms with Crippen LogP contribution in [0.5, 0.6) is 0 Å². The van der Waals surface area contributed by atoms with Crippen LogP contribution in [-0.2, 0) is 5.41 Å². The van der Waals surface area contributed by atoms with Gasteiger partial charge in [0.2, 0.25) is 0 Å². The first-order valence-corrected chi connectivity index (χ1v) is 6.12. The molecule has 0 unspecified atom stereocenters. The third kappa shape index (κ3) is 3.60. The fraction of sp³-hybridized carbons (Fsp3) is 0.462. The van der Waals surface area contributed by atoms with Crippen LogP contribution in [0.2, 0.25) is 5.02 Å². The molecule has 1 rings (SSSR count). The predicted octanol–water partition coefficient (Wildman–Crippen LogP) is 2.55. The van der Waals surface area contributed by atoms with Gasteiger partial charge in [-0.05, 0) is 17.7 Å². The lowest BCUT2D eigenvalue weighted by Crippen LogP contribution is -2.42. The van der Waals surface area contributed by atoms with Gasteiger partial charge in [-0.3, -0.25) is 4.99 Å². The van der Waals surface area contributed by atoms with Gasteiger partial charge in [0, 0.05) is 31.1 Å². The summed E-state index contributed by atoms with van der Waals surface area (Å²) < 4.78 is 13.0. The van der Waals surface area contributed by atoms with Gasteiger partial charge in [-0.2, -0.15) is 0 Å². The largest absolute Gasteiger partial charge is 0.359 e. The molecule has 0 aliphatic rings. The molecule has 100 valence electrons. The Morgan fingerprint density at radius 1 is 1.44 bits per heavy atom. The van der Waals surface area contributed by atoms with Crippen LogP contribution in [0.15, 0.2) is 23.2 Å². The first-order chi connectivity index (χ1) is 8.40. The molecule has 0 aromatic heterocycles. The first kappa shape index (κ1) is 14.8. The number of benzene rings is 1. The Morgan fingerprint density at radius 3 is 2.61 bits per heavy atom. The Hall–Kier alpha value is -1.29. The van der Waals surface area contributed by atoms with E-state index in [1.54, 1.807) is 20.2 Å². The molecule has 0 aliphatic heterocycles. The summed E-state index contributed by atoms with van der Waals surface area (Å²) in [5, 5.41) is 6.58. The van der Waals surface area contributed by atoms with Crippen LogP contribution in [0, 0.1) is 5.82 Å². The van der Waals surface area contributed by atoms with Gasteiger partial charge in [0.05, 0.1) is 0 Å². The predicted molar refractivity (Wildman–Crippen MR) is 74.9 cm³/mol. The van der Waals surface area contributed by atoms with E-state index in [2.05, 4.69) is 15.6 Å². The average Bonchev–Trinajstić information content (AvgIpc) is 2.29. The van der Waals surface area contributed by atoms with Gasteiger partial charge in [0.25, 0.3) is 0 Å². The molecule has 2 N–H and O–H groups in total. The summed E-state index contributed by atoms with van der Waals surface area (Å²) in [5.41, 5.74) is 0.682. The molecule has 0 bridgehead atoms. The van der Waals surface area contributed by atoms with Crippen LogP contribution in [0.25, 0.3) is 0 Å². The zero-order valence-electron chi connectivity index (χ0n) is 11.1. The molecule has 3 nitrogen and oxygen atoms in total. The molecule has 0 spiro atoms. The monoisotopic (exact) mass is 271 g/mol. The number of nitrogens with zero attached hydrogens (tertiary/aromatic N) is 1. The lowest BCUT2D eigenvalue weighted by Gasteiger charge is -2.27. The maximum absolute atomic E-state index is 13.0. The highest BCUT2D eigenvalue weighted by atomic mass is 35.5. The summed E-state index contributed by atoms with van der Waals surface area (Å²) in [5.74, 6) is 0.389. The Labute approximate surface area is 112 Å². The number of halogens is 2. The smallest absolute Gasteiger partial charge is 0.190 e. The lowest BCUT2D eigenvalue weighted by atomic mass is 9.84. The minimum Gasteiger partial charge on any atom is -0.359 e. The zero-order chi connectivity index (χ0) is 13.8. The number of nitrogens with one attached hydrogen (secondary N) is 2. The quantitative estimate of drug-likeness (QED) is 0.655. The summed E-state index contributed by atoms with van der Waals surface area (Å²) in [4.78, 5) is 4.04. The molecule has 0 radical (unpaired) electrons. The molecule has 0 heterocycles. The van der Waals surface area contributed by atoms with Crippen LogP contribution >= 0.6 is 11.6 Å². The maximum atomic E-state index is 13.0. The fourth-order valence-corrected chi connectivity index (χ4v) is 2.14. The molecule has 0 aliphatic carbocycles. The van der Waals surface area contributed by atoms with Crippen molar-refractivity contribution in [2.24, 2.45) is 4.99 Å². The number of aliphatic imine (C=N–C) groups is 1.